The van der Waals surface area contributed by atoms with Gasteiger partial charge in [-0.05, 0) is 93.5 Å². The van der Waals surface area contributed by atoms with Gasteiger partial charge in [0.25, 0.3) is 11.8 Å². The number of hydrogen-bond acceptors (Lipinski definition) is 8. The van der Waals surface area contributed by atoms with E-state index in [1.165, 1.54) is 35.3 Å². The fourth-order valence-corrected chi connectivity index (χ4v) is 7.39. The lowest BCUT2D eigenvalue weighted by Crippen LogP contribution is -2.54. The summed E-state index contributed by atoms with van der Waals surface area (Å²) in [6.07, 6.45) is 13.5. The van der Waals surface area contributed by atoms with Crippen molar-refractivity contribution < 1.29 is 19.2 Å². The van der Waals surface area contributed by atoms with Gasteiger partial charge in [0.05, 0.1) is 34.2 Å². The molecular weight excluding hydrogens is 570 g/mol. The summed E-state index contributed by atoms with van der Waals surface area (Å²) in [7, 11) is 0. The van der Waals surface area contributed by atoms with Crippen LogP contribution in [0.25, 0.3) is 11.3 Å². The number of rotatable bonds is 9. The number of pyridine rings is 1. The second kappa shape index (κ2) is 11.1. The summed E-state index contributed by atoms with van der Waals surface area (Å²) in [5, 5.41) is 14.4. The number of imide groups is 2. The van der Waals surface area contributed by atoms with Crippen molar-refractivity contribution in [3.05, 3.63) is 59.0 Å². The van der Waals surface area contributed by atoms with E-state index in [4.69, 9.17) is 10.1 Å². The van der Waals surface area contributed by atoms with Crippen LogP contribution in [0.1, 0.15) is 102 Å². The van der Waals surface area contributed by atoms with Crippen molar-refractivity contribution in [1.29, 1.82) is 0 Å². The van der Waals surface area contributed by atoms with E-state index in [9.17, 15) is 19.2 Å². The largest absolute Gasteiger partial charge is 0.385 e. The first-order valence-corrected chi connectivity index (χ1v) is 16.3. The van der Waals surface area contributed by atoms with Crippen LogP contribution in [0.2, 0.25) is 0 Å². The maximum absolute atomic E-state index is 13.1. The van der Waals surface area contributed by atoms with Crippen molar-refractivity contribution in [1.82, 2.24) is 25.0 Å². The third-order valence-corrected chi connectivity index (χ3v) is 10.1. The number of anilines is 2. The van der Waals surface area contributed by atoms with Crippen LogP contribution < -0.4 is 16.0 Å². The molecule has 5 heterocycles. The Labute approximate surface area is 261 Å². The van der Waals surface area contributed by atoms with Crippen LogP contribution in [0.5, 0.6) is 0 Å². The topological polar surface area (TPSA) is 138 Å². The molecule has 2 saturated carbocycles. The van der Waals surface area contributed by atoms with E-state index in [2.05, 4.69) is 32.9 Å². The zero-order chi connectivity index (χ0) is 30.7. The monoisotopic (exact) mass is 607 g/mol. The molecule has 45 heavy (non-hydrogen) atoms. The highest BCUT2D eigenvalue weighted by atomic mass is 16.2. The zero-order valence-corrected chi connectivity index (χ0v) is 25.2. The first-order valence-electron chi connectivity index (χ1n) is 16.3. The van der Waals surface area contributed by atoms with E-state index in [0.717, 1.165) is 67.9 Å². The van der Waals surface area contributed by atoms with Crippen molar-refractivity contribution in [2.45, 2.75) is 82.2 Å². The van der Waals surface area contributed by atoms with Crippen molar-refractivity contribution in [2.75, 3.05) is 23.7 Å². The summed E-state index contributed by atoms with van der Waals surface area (Å²) >= 11 is 0. The molecule has 11 heteroatoms. The predicted molar refractivity (Wildman–Crippen MR) is 167 cm³/mol. The molecule has 1 unspecified atom stereocenters. The minimum absolute atomic E-state index is 0.104. The Morgan fingerprint density at radius 2 is 1.80 bits per heavy atom. The Hall–Kier alpha value is -4.54. The van der Waals surface area contributed by atoms with Crippen molar-refractivity contribution >= 4 is 35.0 Å². The van der Waals surface area contributed by atoms with Gasteiger partial charge in [0.1, 0.15) is 6.04 Å². The smallest absolute Gasteiger partial charge is 0.262 e. The minimum Gasteiger partial charge on any atom is -0.385 e. The number of nitrogens with zero attached hydrogens (tertiary/aromatic N) is 4. The number of nitrogens with one attached hydrogen (secondary N) is 3. The molecule has 11 nitrogen and oxygen atoms in total. The van der Waals surface area contributed by atoms with Gasteiger partial charge in [-0.25, -0.2) is 0 Å². The Morgan fingerprint density at radius 1 is 0.956 bits per heavy atom. The summed E-state index contributed by atoms with van der Waals surface area (Å²) < 4.78 is 2.21. The first kappa shape index (κ1) is 28.0. The highest BCUT2D eigenvalue weighted by Gasteiger charge is 2.44. The van der Waals surface area contributed by atoms with Crippen LogP contribution in [0.15, 0.2) is 36.7 Å². The summed E-state index contributed by atoms with van der Waals surface area (Å²) in [5.41, 5.74) is 7.38. The molecular formula is C34H37N7O4. The number of piperidine rings is 1. The van der Waals surface area contributed by atoms with Gasteiger partial charge >= 0.3 is 0 Å². The summed E-state index contributed by atoms with van der Waals surface area (Å²) in [6, 6.07) is 6.75. The van der Waals surface area contributed by atoms with Gasteiger partial charge < -0.3 is 10.6 Å². The minimum atomic E-state index is -0.955. The summed E-state index contributed by atoms with van der Waals surface area (Å²) in [6.45, 7) is 1.75. The van der Waals surface area contributed by atoms with E-state index in [1.54, 1.807) is 18.2 Å². The summed E-state index contributed by atoms with van der Waals surface area (Å²) in [4.78, 5) is 55.7. The van der Waals surface area contributed by atoms with Crippen molar-refractivity contribution in [3.8, 4) is 11.3 Å². The quantitative estimate of drug-likeness (QED) is 0.240. The third-order valence-electron chi connectivity index (χ3n) is 10.1. The Bertz CT molecular complexity index is 1720. The molecule has 5 aliphatic rings. The molecule has 3 N–H and O–H groups in total. The molecule has 0 spiro atoms. The zero-order valence-electron chi connectivity index (χ0n) is 25.2. The number of aryl methyl sites for hydroxylation is 1. The fourth-order valence-electron chi connectivity index (χ4n) is 7.39. The molecule has 3 aromatic rings. The third kappa shape index (κ3) is 5.07. The van der Waals surface area contributed by atoms with E-state index in [1.807, 2.05) is 6.20 Å². The van der Waals surface area contributed by atoms with Gasteiger partial charge in [0, 0.05) is 49.1 Å². The van der Waals surface area contributed by atoms with Gasteiger partial charge in [0.15, 0.2) is 0 Å². The van der Waals surface area contributed by atoms with Gasteiger partial charge in [-0.15, -0.1) is 0 Å². The molecule has 3 aliphatic heterocycles. The average Bonchev–Trinajstić information content (AvgIpc) is 3.73. The molecule has 8 rings (SSSR count). The van der Waals surface area contributed by atoms with Crippen molar-refractivity contribution in [2.24, 2.45) is 5.92 Å². The second-order valence-electron chi connectivity index (χ2n) is 13.2. The highest BCUT2D eigenvalue weighted by molar-refractivity contribution is 6.23. The molecule has 2 aromatic heterocycles. The summed E-state index contributed by atoms with van der Waals surface area (Å²) in [5.74, 6) is -0.749. The number of benzene rings is 1. The number of carbonyl (C=O) groups excluding carboxylic acids is 4. The molecule has 1 aromatic carbocycles. The van der Waals surface area contributed by atoms with Gasteiger partial charge in [-0.2, -0.15) is 5.10 Å². The number of fused-ring (bicyclic) bond motifs is 2. The molecule has 4 amide bonds. The molecule has 232 valence electrons. The van der Waals surface area contributed by atoms with Crippen LogP contribution in [-0.4, -0.2) is 62.4 Å². The lowest BCUT2D eigenvalue weighted by Gasteiger charge is -2.35. The number of hydrogen-bond donors (Lipinski definition) is 3. The fraction of sp³-hybridized carbons (Fsp3) is 0.471. The van der Waals surface area contributed by atoms with Gasteiger partial charge in [-0.1, -0.05) is 0 Å². The average molecular weight is 608 g/mol. The SMILES string of the molecule is O=C1CCC(N2C(=O)c3ccc(NCCC[C@H]4C[C@H](n5cc(-c6nccc7c6NCCC7)c(C6CC6)n5)C4)cc3C2=O)C(=O)N1. The van der Waals surface area contributed by atoms with E-state index in [0.29, 0.717) is 29.0 Å². The second-order valence-corrected chi connectivity index (χ2v) is 13.2. The molecule has 1 atom stereocenters. The predicted octanol–water partition coefficient (Wildman–Crippen LogP) is 4.43. The van der Waals surface area contributed by atoms with Crippen LogP contribution in [0.4, 0.5) is 11.4 Å². The molecule has 0 radical (unpaired) electrons. The number of amides is 4. The standard InChI is InChI=1S/C34H37N7O4/c42-28-10-9-27(32(43)38-28)41-33(44)24-8-7-22(17-25(24)34(41)45)35-12-1-3-19-15-23(16-19)40-18-26(29(39-40)21-5-6-21)31-30-20(11-14-37-31)4-2-13-36-30/h7-8,11,14,17-19,21,23,27,35-36H,1-6,9-10,12-13,15-16H2,(H,38,42,43)/t19-,23-,27?. The van der Waals surface area contributed by atoms with Crippen LogP contribution in [0, 0.1) is 5.92 Å². The van der Waals surface area contributed by atoms with Gasteiger partial charge in [-0.3, -0.25) is 39.1 Å². The molecule has 2 aliphatic carbocycles. The highest BCUT2D eigenvalue weighted by Crippen LogP contribution is 2.47. The first-order chi connectivity index (χ1) is 21.9. The van der Waals surface area contributed by atoms with E-state index >= 15 is 0 Å². The lowest BCUT2D eigenvalue weighted by atomic mass is 9.77. The Kier molecular flexibility index (Phi) is 6.91. The van der Waals surface area contributed by atoms with Crippen molar-refractivity contribution in [3.63, 3.8) is 0 Å². The number of aromatic nitrogens is 3. The Morgan fingerprint density at radius 3 is 2.62 bits per heavy atom. The Balaban J connectivity index is 0.853. The maximum Gasteiger partial charge on any atom is 0.262 e. The lowest BCUT2D eigenvalue weighted by molar-refractivity contribution is -0.136. The number of carbonyl (C=O) groups is 4. The van der Waals surface area contributed by atoms with Gasteiger partial charge in [0.2, 0.25) is 11.8 Å². The van der Waals surface area contributed by atoms with Crippen LogP contribution in [0.3, 0.4) is 0 Å². The molecule has 3 fully saturated rings. The normalized spacial score (nSPS) is 24.1. The molecule has 1 saturated heterocycles. The van der Waals surface area contributed by atoms with Crippen LogP contribution in [-0.2, 0) is 16.0 Å². The van der Waals surface area contributed by atoms with E-state index in [-0.39, 0.29) is 18.7 Å². The molecule has 0 bridgehead atoms. The van der Waals surface area contributed by atoms with E-state index < -0.39 is 23.8 Å². The maximum atomic E-state index is 13.1. The van der Waals surface area contributed by atoms with Crippen LogP contribution >= 0.6 is 0 Å².